The highest BCUT2D eigenvalue weighted by atomic mass is 16.4. The number of hydrogen-bond acceptors (Lipinski definition) is 4. The summed E-state index contributed by atoms with van der Waals surface area (Å²) in [6.07, 6.45) is 0. The summed E-state index contributed by atoms with van der Waals surface area (Å²) in [7, 11) is 0. The van der Waals surface area contributed by atoms with Crippen molar-refractivity contribution in [2.75, 3.05) is 11.9 Å². The maximum absolute atomic E-state index is 10.8. The zero-order valence-corrected chi connectivity index (χ0v) is 7.19. The zero-order valence-electron chi connectivity index (χ0n) is 7.19. The molecule has 5 heteroatoms. The fourth-order valence-corrected chi connectivity index (χ4v) is 1.58. The molecule has 14 heavy (non-hydrogen) atoms. The number of carboxylic acids is 1. The molecule has 0 spiro atoms. The van der Waals surface area contributed by atoms with Gasteiger partial charge < -0.3 is 20.6 Å². The number of phenols is 2. The Hall–Kier alpha value is -1.91. The van der Waals surface area contributed by atoms with E-state index >= 15 is 0 Å². The molecule has 0 aromatic heterocycles. The molecule has 0 amide bonds. The average molecular weight is 195 g/mol. The van der Waals surface area contributed by atoms with Crippen LogP contribution in [0.15, 0.2) is 12.1 Å². The molecule has 1 aromatic carbocycles. The smallest absolute Gasteiger partial charge is 0.312 e. The van der Waals surface area contributed by atoms with Gasteiger partial charge in [0.1, 0.15) is 5.92 Å². The van der Waals surface area contributed by atoms with E-state index in [9.17, 15) is 15.0 Å². The molecule has 0 saturated heterocycles. The Morgan fingerprint density at radius 1 is 1.36 bits per heavy atom. The van der Waals surface area contributed by atoms with Crippen molar-refractivity contribution in [3.05, 3.63) is 17.7 Å². The van der Waals surface area contributed by atoms with Gasteiger partial charge in [0.05, 0.1) is 0 Å². The summed E-state index contributed by atoms with van der Waals surface area (Å²) in [6, 6.07) is 2.61. The van der Waals surface area contributed by atoms with E-state index in [0.717, 1.165) is 0 Å². The maximum Gasteiger partial charge on any atom is 0.312 e. The Labute approximate surface area is 79.6 Å². The second-order valence-electron chi connectivity index (χ2n) is 3.20. The molecule has 1 unspecified atom stereocenters. The fraction of sp³-hybridized carbons (Fsp3) is 0.222. The van der Waals surface area contributed by atoms with Gasteiger partial charge in [0.15, 0.2) is 11.5 Å². The van der Waals surface area contributed by atoms with Crippen molar-refractivity contribution in [2.45, 2.75) is 5.92 Å². The number of carboxylic acid groups (broad SMARTS) is 1. The van der Waals surface area contributed by atoms with E-state index < -0.39 is 11.9 Å². The molecule has 1 aromatic rings. The molecule has 1 atom stereocenters. The second kappa shape index (κ2) is 2.80. The van der Waals surface area contributed by atoms with Crippen LogP contribution in [0.4, 0.5) is 5.69 Å². The molecule has 0 bridgehead atoms. The van der Waals surface area contributed by atoms with Crippen LogP contribution in [-0.2, 0) is 4.79 Å². The summed E-state index contributed by atoms with van der Waals surface area (Å²) in [5.41, 5.74) is 1.07. The van der Waals surface area contributed by atoms with E-state index in [-0.39, 0.29) is 18.0 Å². The normalized spacial score (nSPS) is 18.7. The van der Waals surface area contributed by atoms with Gasteiger partial charge in [-0.1, -0.05) is 0 Å². The first-order chi connectivity index (χ1) is 6.59. The number of nitrogens with one attached hydrogen (secondary N) is 1. The number of phenolic OH excluding ortho intramolecular Hbond substituents is 2. The standard InChI is InChI=1S/C9H9NO4/c11-7-1-4-5(9(13)14)3-10-6(4)2-8(7)12/h1-2,5,10-12H,3H2,(H,13,14). The van der Waals surface area contributed by atoms with Crippen LogP contribution in [0.1, 0.15) is 11.5 Å². The largest absolute Gasteiger partial charge is 0.504 e. The zero-order chi connectivity index (χ0) is 10.3. The summed E-state index contributed by atoms with van der Waals surface area (Å²) in [4.78, 5) is 10.8. The van der Waals surface area contributed by atoms with Gasteiger partial charge in [0, 0.05) is 18.3 Å². The lowest BCUT2D eigenvalue weighted by atomic mass is 10.0. The molecule has 0 fully saturated rings. The molecule has 4 N–H and O–H groups in total. The summed E-state index contributed by atoms with van der Waals surface area (Å²) in [5, 5.41) is 30.1. The SMILES string of the molecule is O=C(O)C1CNc2cc(O)c(O)cc21. The fourth-order valence-electron chi connectivity index (χ4n) is 1.58. The molecule has 1 heterocycles. The number of benzene rings is 1. The topological polar surface area (TPSA) is 89.8 Å². The number of aromatic hydroxyl groups is 2. The van der Waals surface area contributed by atoms with Crippen LogP contribution in [0.25, 0.3) is 0 Å². The number of aliphatic carboxylic acids is 1. The van der Waals surface area contributed by atoms with Crippen molar-refractivity contribution >= 4 is 11.7 Å². The summed E-state index contributed by atoms with van der Waals surface area (Å²) < 4.78 is 0. The lowest BCUT2D eigenvalue weighted by Crippen LogP contribution is -2.13. The first-order valence-corrected chi connectivity index (χ1v) is 4.12. The minimum atomic E-state index is -0.943. The number of carbonyl (C=O) groups is 1. The third kappa shape index (κ3) is 1.14. The van der Waals surface area contributed by atoms with Crippen molar-refractivity contribution < 1.29 is 20.1 Å². The van der Waals surface area contributed by atoms with Gasteiger partial charge in [0.2, 0.25) is 0 Å². The van der Waals surface area contributed by atoms with Gasteiger partial charge in [0.25, 0.3) is 0 Å². The molecular weight excluding hydrogens is 186 g/mol. The van der Waals surface area contributed by atoms with Crippen molar-refractivity contribution in [3.8, 4) is 11.5 Å². The third-order valence-corrected chi connectivity index (χ3v) is 2.32. The van der Waals surface area contributed by atoms with E-state index in [0.29, 0.717) is 11.3 Å². The number of rotatable bonds is 1. The first-order valence-electron chi connectivity index (χ1n) is 4.12. The van der Waals surface area contributed by atoms with Crippen LogP contribution in [-0.4, -0.2) is 27.8 Å². The van der Waals surface area contributed by atoms with Gasteiger partial charge in [-0.2, -0.15) is 0 Å². The van der Waals surface area contributed by atoms with Crippen LogP contribution in [0, 0.1) is 0 Å². The molecular formula is C9H9NO4. The van der Waals surface area contributed by atoms with Crippen molar-refractivity contribution in [1.82, 2.24) is 0 Å². The third-order valence-electron chi connectivity index (χ3n) is 2.32. The Bertz CT molecular complexity index is 402. The lowest BCUT2D eigenvalue weighted by Gasteiger charge is -2.05. The van der Waals surface area contributed by atoms with E-state index in [1.165, 1.54) is 12.1 Å². The van der Waals surface area contributed by atoms with Gasteiger partial charge in [-0.25, -0.2) is 0 Å². The second-order valence-corrected chi connectivity index (χ2v) is 3.20. The van der Waals surface area contributed by atoms with Gasteiger partial charge >= 0.3 is 5.97 Å². The van der Waals surface area contributed by atoms with Gasteiger partial charge in [-0.15, -0.1) is 0 Å². The molecule has 0 saturated carbocycles. The van der Waals surface area contributed by atoms with E-state index in [4.69, 9.17) is 5.11 Å². The van der Waals surface area contributed by atoms with Crippen molar-refractivity contribution in [1.29, 1.82) is 0 Å². The average Bonchev–Trinajstić information content (AvgIpc) is 2.48. The monoisotopic (exact) mass is 195 g/mol. The molecule has 0 radical (unpaired) electrons. The maximum atomic E-state index is 10.8. The highest BCUT2D eigenvalue weighted by Gasteiger charge is 2.29. The molecule has 0 aliphatic carbocycles. The van der Waals surface area contributed by atoms with Gasteiger partial charge in [-0.3, -0.25) is 4.79 Å². The Balaban J connectivity index is 2.50. The number of anilines is 1. The highest BCUT2D eigenvalue weighted by molar-refractivity contribution is 5.83. The number of fused-ring (bicyclic) bond motifs is 1. The Morgan fingerprint density at radius 2 is 2.00 bits per heavy atom. The Morgan fingerprint density at radius 3 is 2.64 bits per heavy atom. The molecule has 5 nitrogen and oxygen atoms in total. The lowest BCUT2D eigenvalue weighted by molar-refractivity contribution is -0.138. The Kier molecular flexibility index (Phi) is 1.73. The molecule has 2 rings (SSSR count). The molecule has 74 valence electrons. The first kappa shape index (κ1) is 8.68. The van der Waals surface area contributed by atoms with Crippen LogP contribution >= 0.6 is 0 Å². The molecule has 1 aliphatic rings. The predicted octanol–water partition coefficient (Wildman–Crippen LogP) is 0.691. The van der Waals surface area contributed by atoms with Crippen LogP contribution < -0.4 is 5.32 Å². The van der Waals surface area contributed by atoms with Gasteiger partial charge in [-0.05, 0) is 11.6 Å². The van der Waals surface area contributed by atoms with E-state index in [2.05, 4.69) is 5.32 Å². The number of hydrogen-bond donors (Lipinski definition) is 4. The van der Waals surface area contributed by atoms with Crippen LogP contribution in [0.5, 0.6) is 11.5 Å². The minimum absolute atomic E-state index is 0.248. The van der Waals surface area contributed by atoms with Crippen LogP contribution in [0.3, 0.4) is 0 Å². The quantitative estimate of drug-likeness (QED) is 0.391. The van der Waals surface area contributed by atoms with Crippen molar-refractivity contribution in [2.24, 2.45) is 0 Å². The minimum Gasteiger partial charge on any atom is -0.504 e. The summed E-state index contributed by atoms with van der Waals surface area (Å²) >= 11 is 0. The summed E-state index contributed by atoms with van der Waals surface area (Å²) in [5.74, 6) is -2.14. The predicted molar refractivity (Wildman–Crippen MR) is 48.6 cm³/mol. The van der Waals surface area contributed by atoms with Crippen LogP contribution in [0.2, 0.25) is 0 Å². The summed E-state index contributed by atoms with van der Waals surface area (Å²) in [6.45, 7) is 0.285. The van der Waals surface area contributed by atoms with E-state index in [1.54, 1.807) is 0 Å². The van der Waals surface area contributed by atoms with E-state index in [1.807, 2.05) is 0 Å². The van der Waals surface area contributed by atoms with Crippen molar-refractivity contribution in [3.63, 3.8) is 0 Å². The highest BCUT2D eigenvalue weighted by Crippen LogP contribution is 2.39. The molecule has 1 aliphatic heterocycles.